The number of aromatic nitrogens is 1. The van der Waals surface area contributed by atoms with Crippen LogP contribution in [0.3, 0.4) is 0 Å². The van der Waals surface area contributed by atoms with Gasteiger partial charge in [0.1, 0.15) is 11.6 Å². The molecule has 2 aromatic rings. The van der Waals surface area contributed by atoms with E-state index in [0.29, 0.717) is 11.5 Å². The van der Waals surface area contributed by atoms with E-state index in [1.807, 2.05) is 0 Å². The zero-order chi connectivity index (χ0) is 12.3. The molecule has 2 rings (SSSR count). The van der Waals surface area contributed by atoms with Gasteiger partial charge in [0.2, 0.25) is 0 Å². The molecule has 17 heavy (non-hydrogen) atoms. The number of nitrogens with two attached hydrogens (primary N) is 1. The van der Waals surface area contributed by atoms with Gasteiger partial charge in [0.05, 0.1) is 5.56 Å². The molecule has 0 spiro atoms. The molecule has 0 atom stereocenters. The van der Waals surface area contributed by atoms with E-state index in [4.69, 9.17) is 5.73 Å². The summed E-state index contributed by atoms with van der Waals surface area (Å²) in [4.78, 5) is 15.8. The highest BCUT2D eigenvalue weighted by atomic mass is 16.3. The maximum Gasteiger partial charge on any atom is 0.259 e. The summed E-state index contributed by atoms with van der Waals surface area (Å²) >= 11 is 0. The number of benzene rings is 1. The van der Waals surface area contributed by atoms with E-state index in [1.54, 1.807) is 24.4 Å². The van der Waals surface area contributed by atoms with Crippen LogP contribution in [-0.4, -0.2) is 16.0 Å². The number of phenolic OH excluding ortho intramolecular Hbond substituents is 1. The van der Waals surface area contributed by atoms with Crippen LogP contribution in [0.5, 0.6) is 5.75 Å². The molecule has 0 aliphatic carbocycles. The average Bonchev–Trinajstić information content (AvgIpc) is 2.33. The van der Waals surface area contributed by atoms with Gasteiger partial charge < -0.3 is 16.2 Å². The fourth-order valence-electron chi connectivity index (χ4n) is 1.36. The Bertz CT molecular complexity index is 541. The van der Waals surface area contributed by atoms with Crippen molar-refractivity contribution in [1.29, 1.82) is 0 Å². The number of nitrogens with zero attached hydrogens (tertiary/aromatic N) is 1. The lowest BCUT2D eigenvalue weighted by Gasteiger charge is -2.06. The molecular weight excluding hydrogens is 218 g/mol. The summed E-state index contributed by atoms with van der Waals surface area (Å²) in [6.45, 7) is 0. The van der Waals surface area contributed by atoms with Gasteiger partial charge in [0, 0.05) is 11.9 Å². The third-order valence-electron chi connectivity index (χ3n) is 2.19. The highest BCUT2D eigenvalue weighted by Crippen LogP contribution is 2.19. The van der Waals surface area contributed by atoms with Crippen molar-refractivity contribution in [3.05, 3.63) is 48.2 Å². The molecule has 5 heteroatoms. The summed E-state index contributed by atoms with van der Waals surface area (Å²) in [7, 11) is 0. The van der Waals surface area contributed by atoms with Crippen molar-refractivity contribution in [3.8, 4) is 5.75 Å². The fraction of sp³-hybridized carbons (Fsp3) is 0. The van der Waals surface area contributed by atoms with Crippen LogP contribution in [0.2, 0.25) is 0 Å². The van der Waals surface area contributed by atoms with Crippen LogP contribution >= 0.6 is 0 Å². The number of nitrogens with one attached hydrogen (secondary N) is 1. The zero-order valence-corrected chi connectivity index (χ0v) is 8.92. The Morgan fingerprint density at radius 1 is 1.29 bits per heavy atom. The molecule has 0 fully saturated rings. The summed E-state index contributed by atoms with van der Waals surface area (Å²) in [5.41, 5.74) is 6.17. The van der Waals surface area contributed by atoms with Crippen LogP contribution in [0.4, 0.5) is 11.5 Å². The molecule has 86 valence electrons. The normalized spacial score (nSPS) is 9.88. The summed E-state index contributed by atoms with van der Waals surface area (Å²) in [6, 6.07) is 9.38. The summed E-state index contributed by atoms with van der Waals surface area (Å²) in [6.07, 6.45) is 1.57. The van der Waals surface area contributed by atoms with Crippen molar-refractivity contribution in [3.63, 3.8) is 0 Å². The molecule has 0 aliphatic rings. The van der Waals surface area contributed by atoms with Crippen molar-refractivity contribution < 1.29 is 9.90 Å². The number of pyridine rings is 1. The number of phenols is 1. The number of carbonyl (C=O) groups excluding carboxylic acids is 1. The molecular formula is C12H11N3O2. The van der Waals surface area contributed by atoms with Crippen molar-refractivity contribution in [2.75, 3.05) is 11.1 Å². The maximum absolute atomic E-state index is 11.8. The van der Waals surface area contributed by atoms with Gasteiger partial charge in [-0.2, -0.15) is 0 Å². The van der Waals surface area contributed by atoms with Crippen molar-refractivity contribution >= 4 is 17.4 Å². The minimum absolute atomic E-state index is 0.00892. The first-order valence-corrected chi connectivity index (χ1v) is 4.97. The topological polar surface area (TPSA) is 88.2 Å². The minimum atomic E-state index is -0.405. The number of hydrogen-bond donors (Lipinski definition) is 3. The monoisotopic (exact) mass is 229 g/mol. The van der Waals surface area contributed by atoms with Crippen LogP contribution in [-0.2, 0) is 0 Å². The van der Waals surface area contributed by atoms with E-state index in [1.165, 1.54) is 18.2 Å². The Hall–Kier alpha value is -2.56. The third-order valence-corrected chi connectivity index (χ3v) is 2.19. The molecule has 0 saturated heterocycles. The maximum atomic E-state index is 11.8. The lowest BCUT2D eigenvalue weighted by atomic mass is 10.1. The number of hydrogen-bond acceptors (Lipinski definition) is 4. The van der Waals surface area contributed by atoms with Gasteiger partial charge in [-0.3, -0.25) is 4.79 Å². The summed E-state index contributed by atoms with van der Waals surface area (Å²) < 4.78 is 0. The molecule has 1 aromatic heterocycles. The predicted molar refractivity (Wildman–Crippen MR) is 64.7 cm³/mol. The van der Waals surface area contributed by atoms with E-state index in [0.717, 1.165) is 0 Å². The highest BCUT2D eigenvalue weighted by Gasteiger charge is 2.11. The van der Waals surface area contributed by atoms with Crippen molar-refractivity contribution in [1.82, 2.24) is 4.98 Å². The Morgan fingerprint density at radius 3 is 2.82 bits per heavy atom. The predicted octanol–water partition coefficient (Wildman–Crippen LogP) is 1.62. The number of anilines is 2. The van der Waals surface area contributed by atoms with Crippen molar-refractivity contribution in [2.24, 2.45) is 0 Å². The minimum Gasteiger partial charge on any atom is -0.508 e. The van der Waals surface area contributed by atoms with Gasteiger partial charge in [0.15, 0.2) is 0 Å². The lowest BCUT2D eigenvalue weighted by Crippen LogP contribution is -2.14. The van der Waals surface area contributed by atoms with E-state index in [2.05, 4.69) is 10.3 Å². The SMILES string of the molecule is Nc1ccc(O)cc1C(=O)Nc1ccccn1. The quantitative estimate of drug-likeness (QED) is 0.539. The van der Waals surface area contributed by atoms with Crippen LogP contribution < -0.4 is 11.1 Å². The van der Waals surface area contributed by atoms with Gasteiger partial charge in [-0.05, 0) is 30.3 Å². The Morgan fingerprint density at radius 2 is 2.12 bits per heavy atom. The summed E-state index contributed by atoms with van der Waals surface area (Å²) in [5.74, 6) is 0.0164. The standard InChI is InChI=1S/C12H11N3O2/c13-10-5-4-8(16)7-9(10)12(17)15-11-3-1-2-6-14-11/h1-7,16H,13H2,(H,14,15,17). The molecule has 0 saturated carbocycles. The zero-order valence-electron chi connectivity index (χ0n) is 8.92. The number of amides is 1. The van der Waals surface area contributed by atoms with E-state index in [-0.39, 0.29) is 11.3 Å². The van der Waals surface area contributed by atoms with E-state index < -0.39 is 5.91 Å². The molecule has 0 bridgehead atoms. The van der Waals surface area contributed by atoms with Crippen LogP contribution in [0.1, 0.15) is 10.4 Å². The molecule has 0 radical (unpaired) electrons. The Labute approximate surface area is 97.9 Å². The average molecular weight is 229 g/mol. The largest absolute Gasteiger partial charge is 0.508 e. The fourth-order valence-corrected chi connectivity index (χ4v) is 1.36. The van der Waals surface area contributed by atoms with Gasteiger partial charge in [-0.25, -0.2) is 4.98 Å². The molecule has 1 aromatic carbocycles. The van der Waals surface area contributed by atoms with E-state index in [9.17, 15) is 9.90 Å². The third kappa shape index (κ3) is 2.52. The first-order valence-electron chi connectivity index (χ1n) is 4.97. The van der Waals surface area contributed by atoms with Gasteiger partial charge in [0.25, 0.3) is 5.91 Å². The van der Waals surface area contributed by atoms with Gasteiger partial charge in [-0.15, -0.1) is 0 Å². The molecule has 0 unspecified atom stereocenters. The van der Waals surface area contributed by atoms with Crippen LogP contribution in [0.15, 0.2) is 42.6 Å². The van der Waals surface area contributed by atoms with Gasteiger partial charge >= 0.3 is 0 Å². The molecule has 1 heterocycles. The summed E-state index contributed by atoms with van der Waals surface area (Å²) in [5, 5.41) is 11.9. The lowest BCUT2D eigenvalue weighted by molar-refractivity contribution is 0.102. The first-order chi connectivity index (χ1) is 8.16. The van der Waals surface area contributed by atoms with Crippen LogP contribution in [0, 0.1) is 0 Å². The second kappa shape index (κ2) is 4.52. The molecule has 5 nitrogen and oxygen atoms in total. The van der Waals surface area contributed by atoms with Gasteiger partial charge in [-0.1, -0.05) is 6.07 Å². The van der Waals surface area contributed by atoms with E-state index >= 15 is 0 Å². The number of nitrogen functional groups attached to an aromatic ring is 1. The molecule has 1 amide bonds. The number of aromatic hydroxyl groups is 1. The molecule has 4 N–H and O–H groups in total. The molecule has 0 aliphatic heterocycles. The smallest absolute Gasteiger partial charge is 0.259 e. The highest BCUT2D eigenvalue weighted by molar-refractivity contribution is 6.07. The Kier molecular flexibility index (Phi) is 2.91. The second-order valence-electron chi connectivity index (χ2n) is 3.44. The van der Waals surface area contributed by atoms with Crippen molar-refractivity contribution in [2.45, 2.75) is 0 Å². The number of rotatable bonds is 2. The Balaban J connectivity index is 2.23. The first kappa shape index (κ1) is 10.9. The second-order valence-corrected chi connectivity index (χ2v) is 3.44. The number of carbonyl (C=O) groups is 1. The van der Waals surface area contributed by atoms with Crippen LogP contribution in [0.25, 0.3) is 0 Å².